The first-order chi connectivity index (χ1) is 11.3. The fourth-order valence-electron chi connectivity index (χ4n) is 3.06. The predicted octanol–water partition coefficient (Wildman–Crippen LogP) is 5.95. The molecule has 0 aliphatic rings. The van der Waals surface area contributed by atoms with E-state index in [0.717, 1.165) is 17.7 Å². The molecule has 3 rings (SSSR count). The summed E-state index contributed by atoms with van der Waals surface area (Å²) < 4.78 is 0. The topological polar surface area (TPSA) is 26.0 Å². The number of nitrogens with two attached hydrogens (primary N) is 1. The van der Waals surface area contributed by atoms with E-state index in [4.69, 9.17) is 5.73 Å². The van der Waals surface area contributed by atoms with Gasteiger partial charge in [-0.1, -0.05) is 80.1 Å². The van der Waals surface area contributed by atoms with Gasteiger partial charge in [0.05, 0.1) is 0 Å². The first-order valence-electron chi connectivity index (χ1n) is 8.33. The largest absolute Gasteiger partial charge is 0.398 e. The van der Waals surface area contributed by atoms with Gasteiger partial charge in [-0.05, 0) is 41.2 Å². The molecule has 0 unspecified atom stereocenters. The minimum absolute atomic E-state index is 0.825. The van der Waals surface area contributed by atoms with E-state index in [1.54, 1.807) is 0 Å². The van der Waals surface area contributed by atoms with E-state index in [9.17, 15) is 0 Å². The van der Waals surface area contributed by atoms with Crippen LogP contribution in [0.1, 0.15) is 25.3 Å². The summed E-state index contributed by atoms with van der Waals surface area (Å²) >= 11 is 0. The molecule has 23 heavy (non-hydrogen) atoms. The van der Waals surface area contributed by atoms with Gasteiger partial charge in [0.25, 0.3) is 0 Å². The minimum Gasteiger partial charge on any atom is -0.398 e. The zero-order chi connectivity index (χ0) is 16.1. The second-order valence-corrected chi connectivity index (χ2v) is 5.89. The van der Waals surface area contributed by atoms with Crippen molar-refractivity contribution < 1.29 is 0 Å². The highest BCUT2D eigenvalue weighted by atomic mass is 14.6. The van der Waals surface area contributed by atoms with E-state index in [1.165, 1.54) is 35.1 Å². The molecule has 0 atom stereocenters. The van der Waals surface area contributed by atoms with Gasteiger partial charge in [0.15, 0.2) is 0 Å². The van der Waals surface area contributed by atoms with Crippen LogP contribution in [0.4, 0.5) is 5.69 Å². The maximum absolute atomic E-state index is 6.22. The van der Waals surface area contributed by atoms with E-state index < -0.39 is 0 Å². The number of benzene rings is 3. The molecule has 0 spiro atoms. The number of unbranched alkanes of at least 4 members (excludes halogenated alkanes) is 1. The third-order valence-corrected chi connectivity index (χ3v) is 4.29. The van der Waals surface area contributed by atoms with Crippen LogP contribution in [0.25, 0.3) is 22.3 Å². The number of rotatable bonds is 5. The van der Waals surface area contributed by atoms with Gasteiger partial charge in [-0.25, -0.2) is 0 Å². The van der Waals surface area contributed by atoms with Gasteiger partial charge >= 0.3 is 0 Å². The first kappa shape index (κ1) is 15.4. The number of para-hydroxylation sites is 1. The number of anilines is 1. The standard InChI is InChI=1S/C22H23N/c1-2-3-10-17-11-4-5-12-18(17)19-13-6-7-14-20(19)21-15-8-9-16-22(21)23/h4-9,11-16H,2-3,10,23H2,1H3. The van der Waals surface area contributed by atoms with E-state index in [-0.39, 0.29) is 0 Å². The molecule has 3 aromatic rings. The average molecular weight is 301 g/mol. The van der Waals surface area contributed by atoms with Crippen LogP contribution in [0.15, 0.2) is 72.8 Å². The van der Waals surface area contributed by atoms with Crippen molar-refractivity contribution >= 4 is 5.69 Å². The monoisotopic (exact) mass is 301 g/mol. The Morgan fingerprint density at radius 1 is 0.652 bits per heavy atom. The molecule has 0 fully saturated rings. The van der Waals surface area contributed by atoms with Crippen molar-refractivity contribution in [3.8, 4) is 22.3 Å². The van der Waals surface area contributed by atoms with Gasteiger partial charge in [0.2, 0.25) is 0 Å². The zero-order valence-electron chi connectivity index (χ0n) is 13.6. The number of nitrogen functional groups attached to an aromatic ring is 1. The van der Waals surface area contributed by atoms with Gasteiger partial charge in [-0.3, -0.25) is 0 Å². The van der Waals surface area contributed by atoms with E-state index in [0.29, 0.717) is 0 Å². The van der Waals surface area contributed by atoms with Gasteiger partial charge < -0.3 is 5.73 Å². The summed E-state index contributed by atoms with van der Waals surface area (Å²) in [6, 6.07) is 25.4. The molecular formula is C22H23N. The van der Waals surface area contributed by atoms with Crippen LogP contribution in [-0.4, -0.2) is 0 Å². The Morgan fingerprint density at radius 2 is 1.17 bits per heavy atom. The summed E-state index contributed by atoms with van der Waals surface area (Å²) in [5, 5.41) is 0. The molecule has 0 radical (unpaired) electrons. The molecule has 0 heterocycles. The third-order valence-electron chi connectivity index (χ3n) is 4.29. The Hall–Kier alpha value is -2.54. The summed E-state index contributed by atoms with van der Waals surface area (Å²) in [5.41, 5.74) is 13.3. The highest BCUT2D eigenvalue weighted by Gasteiger charge is 2.11. The molecular weight excluding hydrogens is 278 g/mol. The number of aryl methyl sites for hydroxylation is 1. The Bertz CT molecular complexity index is 789. The highest BCUT2D eigenvalue weighted by Crippen LogP contribution is 2.36. The van der Waals surface area contributed by atoms with Gasteiger partial charge in [0, 0.05) is 11.3 Å². The molecule has 1 nitrogen and oxygen atoms in total. The molecule has 1 heteroatoms. The first-order valence-corrected chi connectivity index (χ1v) is 8.33. The average Bonchev–Trinajstić information content (AvgIpc) is 2.61. The van der Waals surface area contributed by atoms with Gasteiger partial charge in [0.1, 0.15) is 0 Å². The molecule has 0 bridgehead atoms. The second kappa shape index (κ2) is 7.15. The third kappa shape index (κ3) is 3.29. The van der Waals surface area contributed by atoms with Crippen molar-refractivity contribution in [2.75, 3.05) is 5.73 Å². The molecule has 116 valence electrons. The summed E-state index contributed by atoms with van der Waals surface area (Å²) in [6.07, 6.45) is 3.54. The summed E-state index contributed by atoms with van der Waals surface area (Å²) in [7, 11) is 0. The van der Waals surface area contributed by atoms with Crippen LogP contribution >= 0.6 is 0 Å². The summed E-state index contributed by atoms with van der Waals surface area (Å²) in [5.74, 6) is 0. The van der Waals surface area contributed by atoms with Gasteiger partial charge in [-0.2, -0.15) is 0 Å². The van der Waals surface area contributed by atoms with Crippen molar-refractivity contribution in [2.45, 2.75) is 26.2 Å². The lowest BCUT2D eigenvalue weighted by molar-refractivity contribution is 0.796. The predicted molar refractivity (Wildman–Crippen MR) is 100 cm³/mol. The molecule has 0 saturated heterocycles. The Morgan fingerprint density at radius 3 is 1.83 bits per heavy atom. The number of hydrogen-bond acceptors (Lipinski definition) is 1. The van der Waals surface area contributed by atoms with Crippen molar-refractivity contribution in [1.29, 1.82) is 0 Å². The number of hydrogen-bond donors (Lipinski definition) is 1. The van der Waals surface area contributed by atoms with Crippen molar-refractivity contribution in [1.82, 2.24) is 0 Å². The fourth-order valence-corrected chi connectivity index (χ4v) is 3.06. The SMILES string of the molecule is CCCCc1ccccc1-c1ccccc1-c1ccccc1N. The smallest absolute Gasteiger partial charge is 0.0393 e. The van der Waals surface area contributed by atoms with E-state index in [2.05, 4.69) is 61.5 Å². The molecule has 0 aliphatic carbocycles. The van der Waals surface area contributed by atoms with E-state index >= 15 is 0 Å². The Labute approximate surface area is 138 Å². The normalized spacial score (nSPS) is 10.7. The van der Waals surface area contributed by atoms with Crippen LogP contribution in [0.3, 0.4) is 0 Å². The highest BCUT2D eigenvalue weighted by molar-refractivity contribution is 5.89. The van der Waals surface area contributed by atoms with E-state index in [1.807, 2.05) is 18.2 Å². The van der Waals surface area contributed by atoms with Crippen molar-refractivity contribution in [3.63, 3.8) is 0 Å². The quantitative estimate of drug-likeness (QED) is 0.579. The van der Waals surface area contributed by atoms with Crippen LogP contribution in [0.5, 0.6) is 0 Å². The molecule has 0 aromatic heterocycles. The lowest BCUT2D eigenvalue weighted by Gasteiger charge is -2.15. The van der Waals surface area contributed by atoms with Crippen LogP contribution in [-0.2, 0) is 6.42 Å². The fraction of sp³-hybridized carbons (Fsp3) is 0.182. The summed E-state index contributed by atoms with van der Waals surface area (Å²) in [6.45, 7) is 2.24. The van der Waals surface area contributed by atoms with Gasteiger partial charge in [-0.15, -0.1) is 0 Å². The van der Waals surface area contributed by atoms with Crippen molar-refractivity contribution in [3.05, 3.63) is 78.4 Å². The zero-order valence-corrected chi connectivity index (χ0v) is 13.6. The maximum atomic E-state index is 6.22. The van der Waals surface area contributed by atoms with Crippen LogP contribution in [0.2, 0.25) is 0 Å². The maximum Gasteiger partial charge on any atom is 0.0393 e. The molecule has 3 aromatic carbocycles. The second-order valence-electron chi connectivity index (χ2n) is 5.89. The molecule has 0 aliphatic heterocycles. The lowest BCUT2D eigenvalue weighted by Crippen LogP contribution is -1.94. The minimum atomic E-state index is 0.825. The Kier molecular flexibility index (Phi) is 4.77. The van der Waals surface area contributed by atoms with Crippen LogP contribution in [0, 0.1) is 0 Å². The van der Waals surface area contributed by atoms with Crippen molar-refractivity contribution in [2.24, 2.45) is 0 Å². The Balaban J connectivity index is 2.14. The lowest BCUT2D eigenvalue weighted by atomic mass is 9.90. The summed E-state index contributed by atoms with van der Waals surface area (Å²) in [4.78, 5) is 0. The molecule has 0 saturated carbocycles. The molecule has 0 amide bonds. The van der Waals surface area contributed by atoms with Crippen LogP contribution < -0.4 is 5.73 Å². The molecule has 2 N–H and O–H groups in total.